The third-order valence-electron chi connectivity index (χ3n) is 3.92. The Labute approximate surface area is 162 Å². The van der Waals surface area contributed by atoms with E-state index in [2.05, 4.69) is 5.32 Å². The van der Waals surface area contributed by atoms with Crippen molar-refractivity contribution in [3.05, 3.63) is 69.8 Å². The predicted octanol–water partition coefficient (Wildman–Crippen LogP) is 4.37. The van der Waals surface area contributed by atoms with E-state index in [1.54, 1.807) is 37.3 Å². The number of benzene rings is 2. The zero-order chi connectivity index (χ0) is 20.7. The molecule has 0 fully saturated rings. The van der Waals surface area contributed by atoms with Crippen LogP contribution in [0.5, 0.6) is 0 Å². The van der Waals surface area contributed by atoms with Gasteiger partial charge < -0.3 is 19.1 Å². The van der Waals surface area contributed by atoms with Crippen molar-refractivity contribution in [2.75, 3.05) is 26.1 Å². The first-order valence-electron chi connectivity index (χ1n) is 8.34. The van der Waals surface area contributed by atoms with Gasteiger partial charge in [-0.3, -0.25) is 14.7 Å². The fourth-order valence-electron chi connectivity index (χ4n) is 2.51. The molecule has 0 bridgehead atoms. The highest BCUT2D eigenvalue weighted by molar-refractivity contribution is 7.54. The molecular weight excluding hydrogens is 387 g/mol. The lowest BCUT2D eigenvalue weighted by molar-refractivity contribution is -0.384. The Hall–Kier alpha value is -2.74. The van der Waals surface area contributed by atoms with Gasteiger partial charge in [-0.2, -0.15) is 0 Å². The molecular formula is C18H21N2O7P. The first-order chi connectivity index (χ1) is 13.3. The smallest absolute Gasteiger partial charge is 0.356 e. The maximum atomic E-state index is 13.0. The van der Waals surface area contributed by atoms with Crippen molar-refractivity contribution in [2.24, 2.45) is 0 Å². The van der Waals surface area contributed by atoms with Crippen LogP contribution < -0.4 is 5.32 Å². The molecule has 1 N–H and O–H groups in total. The lowest BCUT2D eigenvalue weighted by Crippen LogP contribution is -2.14. The minimum absolute atomic E-state index is 0.152. The van der Waals surface area contributed by atoms with Crippen LogP contribution in [0.15, 0.2) is 48.5 Å². The van der Waals surface area contributed by atoms with Gasteiger partial charge in [-0.15, -0.1) is 0 Å². The Morgan fingerprint density at radius 1 is 1.18 bits per heavy atom. The molecule has 1 atom stereocenters. The summed E-state index contributed by atoms with van der Waals surface area (Å²) < 4.78 is 28.2. The van der Waals surface area contributed by atoms with Gasteiger partial charge in [0.15, 0.2) is 5.78 Å². The van der Waals surface area contributed by atoms with Gasteiger partial charge in [0.05, 0.1) is 17.1 Å². The summed E-state index contributed by atoms with van der Waals surface area (Å²) in [5.41, 5.74) is 1.08. The van der Waals surface area contributed by atoms with Gasteiger partial charge in [-0.1, -0.05) is 12.1 Å². The molecule has 0 aliphatic heterocycles. The molecule has 0 aliphatic carbocycles. The van der Waals surface area contributed by atoms with Gasteiger partial charge in [0, 0.05) is 32.0 Å². The van der Waals surface area contributed by atoms with E-state index >= 15 is 0 Å². The molecule has 9 nitrogen and oxygen atoms in total. The standard InChI is InChI=1S/C18H21N2O7P/c1-4-27-18(21)13-8-10-15(11-9-13)19-17(28(24,25-2)26-3)14-6-5-7-16(12-14)20(22)23/h5-12,17,19H,4H2,1-3H3/t17-/m1/s1. The fourth-order valence-corrected chi connectivity index (χ4v) is 3.92. The molecule has 10 heteroatoms. The Bertz CT molecular complexity index is 878. The maximum Gasteiger partial charge on any atom is 0.356 e. The molecule has 0 amide bonds. The van der Waals surface area contributed by atoms with E-state index in [9.17, 15) is 19.5 Å². The Balaban J connectivity index is 2.38. The number of carbonyl (C=O) groups is 1. The number of rotatable bonds is 9. The average molecular weight is 408 g/mol. The summed E-state index contributed by atoms with van der Waals surface area (Å²) in [6, 6.07) is 12.0. The number of non-ortho nitro benzene ring substituents is 1. The lowest BCUT2D eigenvalue weighted by atomic mass is 10.1. The van der Waals surface area contributed by atoms with Crippen LogP contribution in [0.1, 0.15) is 28.6 Å². The zero-order valence-corrected chi connectivity index (χ0v) is 16.5. The number of hydrogen-bond acceptors (Lipinski definition) is 8. The number of nitrogens with one attached hydrogen (secondary N) is 1. The monoisotopic (exact) mass is 408 g/mol. The third-order valence-corrected chi connectivity index (χ3v) is 6.00. The van der Waals surface area contributed by atoms with Crippen molar-refractivity contribution >= 4 is 24.9 Å². The molecule has 0 heterocycles. The SMILES string of the molecule is CCOC(=O)c1ccc(N[C@@H](c2cccc([N+](=O)[O-])c2)P(=O)(OC)OC)cc1. The van der Waals surface area contributed by atoms with Crippen molar-refractivity contribution < 1.29 is 28.1 Å². The van der Waals surface area contributed by atoms with Crippen LogP contribution in [-0.2, 0) is 18.3 Å². The van der Waals surface area contributed by atoms with E-state index in [1.165, 1.54) is 32.4 Å². The predicted molar refractivity (Wildman–Crippen MR) is 103 cm³/mol. The van der Waals surface area contributed by atoms with Crippen LogP contribution in [0.2, 0.25) is 0 Å². The van der Waals surface area contributed by atoms with E-state index in [0.717, 1.165) is 0 Å². The third kappa shape index (κ3) is 4.95. The van der Waals surface area contributed by atoms with Gasteiger partial charge in [0.25, 0.3) is 5.69 Å². The topological polar surface area (TPSA) is 117 Å². The summed E-state index contributed by atoms with van der Waals surface area (Å²) in [5.74, 6) is -1.46. The number of nitro benzene ring substituents is 1. The summed E-state index contributed by atoms with van der Waals surface area (Å²) in [6.45, 7) is 1.98. The first kappa shape index (κ1) is 21.6. The summed E-state index contributed by atoms with van der Waals surface area (Å²) >= 11 is 0. The highest BCUT2D eigenvalue weighted by Crippen LogP contribution is 2.59. The largest absolute Gasteiger partial charge is 0.462 e. The molecule has 2 aromatic rings. The molecule has 0 saturated carbocycles. The highest BCUT2D eigenvalue weighted by atomic mass is 31.2. The second-order valence-electron chi connectivity index (χ2n) is 5.60. The van der Waals surface area contributed by atoms with Gasteiger partial charge in [0.1, 0.15) is 0 Å². The van der Waals surface area contributed by atoms with Crippen molar-refractivity contribution in [1.29, 1.82) is 0 Å². The van der Waals surface area contributed by atoms with Gasteiger partial charge >= 0.3 is 13.6 Å². The van der Waals surface area contributed by atoms with Gasteiger partial charge in [-0.25, -0.2) is 4.79 Å². The number of carbonyl (C=O) groups excluding carboxylic acids is 1. The van der Waals surface area contributed by atoms with Crippen LogP contribution in [0, 0.1) is 10.1 Å². The number of ether oxygens (including phenoxy) is 1. The number of esters is 1. The second-order valence-corrected chi connectivity index (χ2v) is 7.93. The molecule has 2 rings (SSSR count). The van der Waals surface area contributed by atoms with Crippen LogP contribution in [0.4, 0.5) is 11.4 Å². The van der Waals surface area contributed by atoms with Crippen molar-refractivity contribution in [2.45, 2.75) is 12.7 Å². The molecule has 0 unspecified atom stereocenters. The van der Waals surface area contributed by atoms with E-state index < -0.39 is 24.3 Å². The lowest BCUT2D eigenvalue weighted by Gasteiger charge is -2.26. The molecule has 0 aromatic heterocycles. The average Bonchev–Trinajstić information content (AvgIpc) is 2.72. The van der Waals surface area contributed by atoms with Crippen LogP contribution >= 0.6 is 7.60 Å². The molecule has 0 spiro atoms. The second kappa shape index (κ2) is 9.45. The summed E-state index contributed by atoms with van der Waals surface area (Å²) in [7, 11) is -1.22. The number of nitro groups is 1. The molecule has 28 heavy (non-hydrogen) atoms. The number of nitrogens with zero attached hydrogens (tertiary/aromatic N) is 1. The Morgan fingerprint density at radius 3 is 2.36 bits per heavy atom. The van der Waals surface area contributed by atoms with Crippen molar-refractivity contribution in [3.8, 4) is 0 Å². The summed E-state index contributed by atoms with van der Waals surface area (Å²) in [6.07, 6.45) is 0. The maximum absolute atomic E-state index is 13.0. The van der Waals surface area contributed by atoms with Gasteiger partial charge in [-0.05, 0) is 36.8 Å². The van der Waals surface area contributed by atoms with E-state index in [4.69, 9.17) is 13.8 Å². The Kier molecular flexibility index (Phi) is 7.28. The quantitative estimate of drug-likeness (QED) is 0.281. The molecule has 0 radical (unpaired) electrons. The van der Waals surface area contributed by atoms with Crippen molar-refractivity contribution in [1.82, 2.24) is 0 Å². The highest BCUT2D eigenvalue weighted by Gasteiger charge is 2.36. The molecule has 0 saturated heterocycles. The fraction of sp³-hybridized carbons (Fsp3) is 0.278. The van der Waals surface area contributed by atoms with Crippen molar-refractivity contribution in [3.63, 3.8) is 0 Å². The zero-order valence-electron chi connectivity index (χ0n) is 15.7. The van der Waals surface area contributed by atoms with E-state index in [-0.39, 0.29) is 12.3 Å². The normalized spacial score (nSPS) is 12.2. The number of hydrogen-bond donors (Lipinski definition) is 1. The minimum Gasteiger partial charge on any atom is -0.462 e. The summed E-state index contributed by atoms with van der Waals surface area (Å²) in [4.78, 5) is 22.3. The van der Waals surface area contributed by atoms with Gasteiger partial charge in [0.2, 0.25) is 0 Å². The van der Waals surface area contributed by atoms with E-state index in [0.29, 0.717) is 16.8 Å². The first-order valence-corrected chi connectivity index (χ1v) is 9.95. The molecule has 150 valence electrons. The van der Waals surface area contributed by atoms with Crippen LogP contribution in [0.25, 0.3) is 0 Å². The summed E-state index contributed by atoms with van der Waals surface area (Å²) in [5, 5.41) is 14.1. The minimum atomic E-state index is -3.70. The van der Waals surface area contributed by atoms with Crippen LogP contribution in [0.3, 0.4) is 0 Å². The Morgan fingerprint density at radius 2 is 1.82 bits per heavy atom. The molecule has 0 aliphatic rings. The number of anilines is 1. The van der Waals surface area contributed by atoms with E-state index in [1.807, 2.05) is 0 Å². The molecule has 2 aromatic carbocycles. The van der Waals surface area contributed by atoms with Crippen LogP contribution in [-0.4, -0.2) is 31.7 Å².